The molecular formula is C34H45F2N5O5. The zero-order chi connectivity index (χ0) is 33.3. The van der Waals surface area contributed by atoms with Crippen LogP contribution in [-0.4, -0.2) is 89.1 Å². The van der Waals surface area contributed by atoms with Gasteiger partial charge >= 0.3 is 0 Å². The van der Waals surface area contributed by atoms with Gasteiger partial charge in [0, 0.05) is 50.9 Å². The van der Waals surface area contributed by atoms with E-state index in [2.05, 4.69) is 10.6 Å². The second-order valence-electron chi connectivity index (χ2n) is 12.8. The highest BCUT2D eigenvalue weighted by molar-refractivity contribution is 5.78. The molecule has 1 aliphatic rings. The number of hydrogen-bond acceptors (Lipinski definition) is 7. The summed E-state index contributed by atoms with van der Waals surface area (Å²) in [6.07, 6.45) is 1.85. The van der Waals surface area contributed by atoms with Gasteiger partial charge in [-0.15, -0.1) is 0 Å². The summed E-state index contributed by atoms with van der Waals surface area (Å²) >= 11 is 0. The Balaban J connectivity index is 1.67. The van der Waals surface area contributed by atoms with E-state index in [-0.39, 0.29) is 61.8 Å². The van der Waals surface area contributed by atoms with Gasteiger partial charge in [0.1, 0.15) is 24.1 Å². The van der Waals surface area contributed by atoms with Gasteiger partial charge in [0.15, 0.2) is 0 Å². The van der Waals surface area contributed by atoms with Crippen molar-refractivity contribution in [2.45, 2.75) is 39.8 Å². The van der Waals surface area contributed by atoms with Crippen molar-refractivity contribution >= 4 is 11.8 Å². The quantitative estimate of drug-likeness (QED) is 0.188. The number of rotatable bonds is 15. The first-order valence-corrected chi connectivity index (χ1v) is 15.6. The number of imidazole rings is 1. The summed E-state index contributed by atoms with van der Waals surface area (Å²) in [4.78, 5) is 32.5. The highest BCUT2D eigenvalue weighted by Gasteiger charge is 2.41. The van der Waals surface area contributed by atoms with Crippen molar-refractivity contribution in [1.82, 2.24) is 25.1 Å². The maximum atomic E-state index is 15.0. The first-order chi connectivity index (χ1) is 22.0. The summed E-state index contributed by atoms with van der Waals surface area (Å²) in [7, 11) is 0. The van der Waals surface area contributed by atoms with E-state index in [0.717, 1.165) is 23.8 Å². The van der Waals surface area contributed by atoms with E-state index < -0.39 is 35.6 Å². The Morgan fingerprint density at radius 3 is 2.54 bits per heavy atom. The molecule has 3 aromatic rings. The zero-order valence-corrected chi connectivity index (χ0v) is 26.7. The first kappa shape index (κ1) is 35.1. The number of aromatic nitrogens is 2. The number of nitrogens with zero attached hydrogens (tertiary/aromatic N) is 3. The lowest BCUT2D eigenvalue weighted by atomic mass is 9.83. The fraction of sp³-hybridized carbons (Fsp3) is 0.500. The Bertz CT molecular complexity index is 1450. The average Bonchev–Trinajstić information content (AvgIpc) is 3.65. The number of amides is 2. The lowest BCUT2D eigenvalue weighted by Crippen LogP contribution is -2.47. The molecule has 1 aliphatic heterocycles. The van der Waals surface area contributed by atoms with Gasteiger partial charge in [0.05, 0.1) is 31.6 Å². The number of benzene rings is 2. The van der Waals surface area contributed by atoms with Gasteiger partial charge in [-0.05, 0) is 41.0 Å². The maximum Gasteiger partial charge on any atom is 0.248 e. The van der Waals surface area contributed by atoms with Gasteiger partial charge in [-0.25, -0.2) is 13.8 Å². The van der Waals surface area contributed by atoms with Gasteiger partial charge in [-0.3, -0.25) is 9.59 Å². The number of aliphatic hydroxyl groups excluding tert-OH is 2. The van der Waals surface area contributed by atoms with Crippen LogP contribution in [0, 0.1) is 28.9 Å². The third kappa shape index (κ3) is 9.18. The maximum absolute atomic E-state index is 15.0. The molecule has 0 aliphatic carbocycles. The Morgan fingerprint density at radius 1 is 1.11 bits per heavy atom. The molecule has 250 valence electrons. The second kappa shape index (κ2) is 16.2. The molecule has 2 aromatic carbocycles. The standard InChI is InChI=1S/C34H45F2N5O5/c1-34(2,3)32(41(31(45)22-43)20-25-17-37-16-24(25)18-38-30(44)11-13-46-14-12-42)33-39-29(27-15-26(35)9-10-28(27)36)21-40(33)19-23-7-5-4-6-8-23/h4-10,15,21,24-25,32,37,42-43H,11-14,16-20,22H2,1-3H3,(H,38,44)/t24?,25?,32-/m0/s1. The Morgan fingerprint density at radius 2 is 1.85 bits per heavy atom. The number of aliphatic hydroxyl groups is 2. The van der Waals surface area contributed by atoms with Crippen molar-refractivity contribution in [3.05, 3.63) is 77.8 Å². The molecule has 1 aromatic heterocycles. The van der Waals surface area contributed by atoms with E-state index in [1.165, 1.54) is 0 Å². The summed E-state index contributed by atoms with van der Waals surface area (Å²) in [6.45, 7) is 7.76. The predicted molar refractivity (Wildman–Crippen MR) is 169 cm³/mol. The largest absolute Gasteiger partial charge is 0.394 e. The van der Waals surface area contributed by atoms with Crippen LogP contribution >= 0.6 is 0 Å². The molecule has 2 unspecified atom stereocenters. The van der Waals surface area contributed by atoms with E-state index in [1.54, 1.807) is 11.1 Å². The Hall–Kier alpha value is -3.71. The van der Waals surface area contributed by atoms with E-state index in [0.29, 0.717) is 32.0 Å². The minimum atomic E-state index is -0.716. The van der Waals surface area contributed by atoms with Gasteiger partial charge in [0.2, 0.25) is 11.8 Å². The normalized spacial score (nSPS) is 17.2. The predicted octanol–water partition coefficient (Wildman–Crippen LogP) is 3.14. The van der Waals surface area contributed by atoms with E-state index in [1.807, 2.05) is 55.7 Å². The highest BCUT2D eigenvalue weighted by atomic mass is 19.1. The van der Waals surface area contributed by atoms with Crippen LogP contribution in [0.3, 0.4) is 0 Å². The third-order valence-corrected chi connectivity index (χ3v) is 8.22. The lowest BCUT2D eigenvalue weighted by Gasteiger charge is -2.41. The van der Waals surface area contributed by atoms with Crippen LogP contribution in [0.5, 0.6) is 0 Å². The molecule has 4 rings (SSSR count). The van der Waals surface area contributed by atoms with Gasteiger partial charge < -0.3 is 35.1 Å². The van der Waals surface area contributed by atoms with Crippen LogP contribution in [0.2, 0.25) is 0 Å². The van der Waals surface area contributed by atoms with Gasteiger partial charge in [-0.1, -0.05) is 51.1 Å². The molecule has 10 nitrogen and oxygen atoms in total. The summed E-state index contributed by atoms with van der Waals surface area (Å²) in [5, 5.41) is 25.3. The number of halogens is 2. The Kier molecular flexibility index (Phi) is 12.4. The minimum absolute atomic E-state index is 0.0120. The number of carbonyl (C=O) groups excluding carboxylic acids is 2. The molecule has 3 atom stereocenters. The number of ether oxygens (including phenoxy) is 1. The lowest BCUT2D eigenvalue weighted by molar-refractivity contribution is -0.140. The van der Waals surface area contributed by atoms with Crippen molar-refractivity contribution in [1.29, 1.82) is 0 Å². The van der Waals surface area contributed by atoms with Crippen molar-refractivity contribution in [2.24, 2.45) is 17.3 Å². The highest BCUT2D eigenvalue weighted by Crippen LogP contribution is 2.40. The van der Waals surface area contributed by atoms with Crippen molar-refractivity contribution in [3.63, 3.8) is 0 Å². The van der Waals surface area contributed by atoms with Crippen LogP contribution in [0.25, 0.3) is 11.3 Å². The SMILES string of the molecule is CC(C)(C)[C@H](c1nc(-c2cc(F)ccc2F)cn1Cc1ccccc1)N(CC1CNCC1CNC(=O)CCOCCO)C(=O)CO. The van der Waals surface area contributed by atoms with E-state index >= 15 is 0 Å². The summed E-state index contributed by atoms with van der Waals surface area (Å²) in [6, 6.07) is 12.2. The molecule has 2 heterocycles. The van der Waals surface area contributed by atoms with Gasteiger partial charge in [0.25, 0.3) is 0 Å². The first-order valence-electron chi connectivity index (χ1n) is 15.6. The molecule has 46 heavy (non-hydrogen) atoms. The number of nitrogens with one attached hydrogen (secondary N) is 2. The summed E-state index contributed by atoms with van der Waals surface area (Å²) < 4.78 is 36.3. The van der Waals surface area contributed by atoms with Crippen LogP contribution in [0.15, 0.2) is 54.7 Å². The molecule has 2 amide bonds. The number of hydrogen-bond donors (Lipinski definition) is 4. The Labute approximate surface area is 268 Å². The molecule has 1 fully saturated rings. The molecule has 0 spiro atoms. The molecular weight excluding hydrogens is 596 g/mol. The molecule has 4 N–H and O–H groups in total. The average molecular weight is 642 g/mol. The van der Waals surface area contributed by atoms with Crippen LogP contribution in [-0.2, 0) is 20.9 Å². The van der Waals surface area contributed by atoms with Crippen LogP contribution < -0.4 is 10.6 Å². The third-order valence-electron chi connectivity index (χ3n) is 8.22. The summed E-state index contributed by atoms with van der Waals surface area (Å²) in [5.74, 6) is -1.42. The summed E-state index contributed by atoms with van der Waals surface area (Å²) in [5.41, 5.74) is 0.614. The van der Waals surface area contributed by atoms with Gasteiger partial charge in [-0.2, -0.15) is 0 Å². The van der Waals surface area contributed by atoms with E-state index in [4.69, 9.17) is 14.8 Å². The fourth-order valence-corrected chi connectivity index (χ4v) is 5.97. The van der Waals surface area contributed by atoms with Crippen LogP contribution in [0.1, 0.15) is 44.6 Å². The van der Waals surface area contributed by atoms with Crippen LogP contribution in [0.4, 0.5) is 8.78 Å². The number of carbonyl (C=O) groups is 2. The van der Waals surface area contributed by atoms with Crippen molar-refractivity contribution < 1.29 is 33.3 Å². The van der Waals surface area contributed by atoms with Crippen molar-refractivity contribution in [3.8, 4) is 11.3 Å². The van der Waals surface area contributed by atoms with Crippen molar-refractivity contribution in [2.75, 3.05) is 52.6 Å². The molecule has 0 saturated carbocycles. The minimum Gasteiger partial charge on any atom is -0.394 e. The topological polar surface area (TPSA) is 129 Å². The smallest absolute Gasteiger partial charge is 0.248 e. The molecule has 0 radical (unpaired) electrons. The molecule has 12 heteroatoms. The monoisotopic (exact) mass is 641 g/mol. The second-order valence-corrected chi connectivity index (χ2v) is 12.8. The molecule has 1 saturated heterocycles. The molecule has 0 bridgehead atoms. The zero-order valence-electron chi connectivity index (χ0n) is 26.7. The fourth-order valence-electron chi connectivity index (χ4n) is 5.97. The van der Waals surface area contributed by atoms with E-state index in [9.17, 15) is 23.5 Å².